The number of hydrogen-bond donors (Lipinski definition) is 7. The first-order valence-corrected chi connectivity index (χ1v) is 13.9. The number of amides is 2. The Morgan fingerprint density at radius 2 is 1.65 bits per heavy atom. The highest BCUT2D eigenvalue weighted by molar-refractivity contribution is 6.25. The van der Waals surface area contributed by atoms with Gasteiger partial charge in [-0.15, -0.1) is 0 Å². The summed E-state index contributed by atoms with van der Waals surface area (Å²) < 4.78 is 0. The lowest BCUT2D eigenvalue weighted by Crippen LogP contribution is -2.68. The Hall–Kier alpha value is -3.78. The Kier molecular flexibility index (Phi) is 7.80. The summed E-state index contributed by atoms with van der Waals surface area (Å²) in [7, 11) is 6.41. The minimum Gasteiger partial charge on any atom is -0.510 e. The van der Waals surface area contributed by atoms with Gasteiger partial charge in [-0.2, -0.15) is 0 Å². The van der Waals surface area contributed by atoms with Crippen LogP contribution in [0.4, 0.5) is 5.69 Å². The zero-order valence-corrected chi connectivity index (χ0v) is 25.5. The second-order valence-electron chi connectivity index (χ2n) is 13.2. The Labute approximate surface area is 249 Å². The molecule has 0 aromatic heterocycles. The van der Waals surface area contributed by atoms with E-state index in [1.54, 1.807) is 25.9 Å². The Bertz CT molecular complexity index is 1490. The van der Waals surface area contributed by atoms with Gasteiger partial charge in [0, 0.05) is 11.5 Å². The van der Waals surface area contributed by atoms with Crippen molar-refractivity contribution in [2.24, 2.45) is 23.0 Å². The van der Waals surface area contributed by atoms with Crippen LogP contribution in [-0.2, 0) is 14.4 Å². The smallest absolute Gasteiger partial charge is 0.255 e. The van der Waals surface area contributed by atoms with Crippen molar-refractivity contribution in [3.05, 3.63) is 45.9 Å². The van der Waals surface area contributed by atoms with Crippen molar-refractivity contribution < 1.29 is 44.7 Å². The predicted molar refractivity (Wildman–Crippen MR) is 155 cm³/mol. The SMILES string of the molecule is CC1c2ccc(NC(=O)C(N(C)C)C(C)(C)C)c(O)c2C(=O)C2=C(O)[C@]3(O)C(=O)C(C(N)=O)=C(O)[C@@H](N(C)C)C3C(O)C21. The molecular formula is C30H40N4O9. The van der Waals surface area contributed by atoms with E-state index in [1.165, 1.54) is 31.1 Å². The number of aliphatic hydroxyl groups excluding tert-OH is 3. The Morgan fingerprint density at radius 3 is 2.14 bits per heavy atom. The van der Waals surface area contributed by atoms with Crippen LogP contribution in [0.15, 0.2) is 34.8 Å². The number of anilines is 1. The second-order valence-corrected chi connectivity index (χ2v) is 13.2. The highest BCUT2D eigenvalue weighted by atomic mass is 16.4. The van der Waals surface area contributed by atoms with Crippen LogP contribution in [0.5, 0.6) is 5.75 Å². The van der Waals surface area contributed by atoms with Crippen molar-refractivity contribution in [1.29, 1.82) is 0 Å². The Balaban J connectivity index is 1.90. The van der Waals surface area contributed by atoms with Gasteiger partial charge in [0.2, 0.25) is 11.7 Å². The summed E-state index contributed by atoms with van der Waals surface area (Å²) in [5.74, 6) is -10.3. The number of phenolic OH excluding ortho intramolecular Hbond substituents is 1. The maximum atomic E-state index is 14.0. The van der Waals surface area contributed by atoms with Gasteiger partial charge in [0.15, 0.2) is 17.1 Å². The molecule has 0 saturated carbocycles. The van der Waals surface area contributed by atoms with Crippen LogP contribution >= 0.6 is 0 Å². The van der Waals surface area contributed by atoms with Crippen LogP contribution in [-0.4, -0.2) is 111 Å². The minimum atomic E-state index is -3.00. The van der Waals surface area contributed by atoms with E-state index in [4.69, 9.17) is 5.73 Å². The van der Waals surface area contributed by atoms with Crippen LogP contribution in [0.25, 0.3) is 0 Å². The van der Waals surface area contributed by atoms with Crippen LogP contribution in [0, 0.1) is 17.3 Å². The van der Waals surface area contributed by atoms with E-state index in [0.29, 0.717) is 5.56 Å². The van der Waals surface area contributed by atoms with Gasteiger partial charge < -0.3 is 36.6 Å². The number of nitrogens with two attached hydrogens (primary N) is 1. The number of hydrogen-bond acceptors (Lipinski definition) is 11. The lowest BCUT2D eigenvalue weighted by atomic mass is 9.55. The molecule has 5 unspecified atom stereocenters. The summed E-state index contributed by atoms with van der Waals surface area (Å²) in [5, 5.41) is 59.9. The fourth-order valence-corrected chi connectivity index (χ4v) is 7.33. The van der Waals surface area contributed by atoms with Crippen molar-refractivity contribution in [1.82, 2.24) is 9.80 Å². The molecule has 1 aromatic rings. The maximum Gasteiger partial charge on any atom is 0.255 e. The van der Waals surface area contributed by atoms with Gasteiger partial charge in [-0.3, -0.25) is 29.0 Å². The van der Waals surface area contributed by atoms with Crippen molar-refractivity contribution >= 4 is 29.1 Å². The summed E-state index contributed by atoms with van der Waals surface area (Å²) in [6.45, 7) is 7.27. The fourth-order valence-electron chi connectivity index (χ4n) is 7.33. The quantitative estimate of drug-likeness (QED) is 0.183. The molecule has 7 atom stereocenters. The van der Waals surface area contributed by atoms with Crippen LogP contribution in [0.2, 0.25) is 0 Å². The summed E-state index contributed by atoms with van der Waals surface area (Å²) in [6.07, 6.45) is -1.69. The van der Waals surface area contributed by atoms with Gasteiger partial charge in [-0.25, -0.2) is 0 Å². The summed E-state index contributed by atoms with van der Waals surface area (Å²) in [6, 6.07) is 1.01. The molecule has 0 bridgehead atoms. The number of Topliss-reactive ketones (excluding diaryl/α,β-unsaturated/α-hetero) is 2. The first kappa shape index (κ1) is 32.1. The zero-order valence-electron chi connectivity index (χ0n) is 25.5. The highest BCUT2D eigenvalue weighted by Crippen LogP contribution is 2.56. The third kappa shape index (κ3) is 4.53. The number of ketones is 2. The van der Waals surface area contributed by atoms with E-state index >= 15 is 0 Å². The third-order valence-corrected chi connectivity index (χ3v) is 8.97. The number of carbonyl (C=O) groups excluding carboxylic acids is 4. The van der Waals surface area contributed by atoms with Gasteiger partial charge in [-0.1, -0.05) is 33.8 Å². The number of rotatable bonds is 5. The largest absolute Gasteiger partial charge is 0.510 e. The molecule has 1 aromatic carbocycles. The molecular weight excluding hydrogens is 560 g/mol. The third-order valence-electron chi connectivity index (χ3n) is 8.97. The highest BCUT2D eigenvalue weighted by Gasteiger charge is 2.67. The summed E-state index contributed by atoms with van der Waals surface area (Å²) >= 11 is 0. The lowest BCUT2D eigenvalue weighted by Gasteiger charge is -2.53. The predicted octanol–water partition coefficient (Wildman–Crippen LogP) is 0.567. The van der Waals surface area contributed by atoms with E-state index in [0.717, 1.165) is 0 Å². The molecule has 43 heavy (non-hydrogen) atoms. The molecule has 2 amide bonds. The molecule has 0 aliphatic heterocycles. The maximum absolute atomic E-state index is 14.0. The molecule has 13 heteroatoms. The molecule has 13 nitrogen and oxygen atoms in total. The number of nitrogens with one attached hydrogen (secondary N) is 1. The molecule has 0 spiro atoms. The first-order valence-electron chi connectivity index (χ1n) is 13.9. The fraction of sp³-hybridized carbons (Fsp3) is 0.533. The van der Waals surface area contributed by atoms with Gasteiger partial charge in [0.25, 0.3) is 5.91 Å². The molecule has 0 heterocycles. The van der Waals surface area contributed by atoms with Crippen molar-refractivity contribution in [3.8, 4) is 5.75 Å². The number of aromatic hydroxyl groups is 1. The molecule has 3 aliphatic carbocycles. The van der Waals surface area contributed by atoms with Gasteiger partial charge >= 0.3 is 0 Å². The topological polar surface area (TPSA) is 214 Å². The average molecular weight is 601 g/mol. The number of aliphatic hydroxyl groups is 4. The number of fused-ring (bicyclic) bond motifs is 3. The van der Waals surface area contributed by atoms with E-state index in [1.807, 2.05) is 20.8 Å². The average Bonchev–Trinajstić information content (AvgIpc) is 2.86. The molecule has 0 saturated heterocycles. The number of nitrogens with zero attached hydrogens (tertiary/aromatic N) is 2. The molecule has 4 rings (SSSR count). The van der Waals surface area contributed by atoms with Crippen LogP contribution in [0.3, 0.4) is 0 Å². The van der Waals surface area contributed by atoms with Gasteiger partial charge in [0.05, 0.1) is 35.4 Å². The standard InChI is InChI=1S/C30H40N4O9/c1-11-12-9-10-13(32-28(42)24(34(7)8)29(2,3)4)20(35)15(12)21(36)16-14(11)22(37)18-19(33(5)6)23(38)17(27(31)41)26(40)30(18,43)25(16)39/h9-11,14,18-19,22,24,35,37-39,43H,1-8H3,(H2,31,41)(H,32,42)/t11?,14?,18?,19-,22?,24?,30-/m0/s1. The van der Waals surface area contributed by atoms with Gasteiger partial charge in [-0.05, 0) is 51.2 Å². The number of phenols is 1. The van der Waals surface area contributed by atoms with E-state index in [9.17, 15) is 44.7 Å². The van der Waals surface area contributed by atoms with Crippen LogP contribution in [0.1, 0.15) is 49.5 Å². The van der Waals surface area contributed by atoms with Crippen molar-refractivity contribution in [2.75, 3.05) is 33.5 Å². The van der Waals surface area contributed by atoms with E-state index in [2.05, 4.69) is 5.32 Å². The number of primary amides is 1. The lowest BCUT2D eigenvalue weighted by molar-refractivity contribution is -0.162. The van der Waals surface area contributed by atoms with E-state index < -0.39 is 98.8 Å². The van der Waals surface area contributed by atoms with Crippen LogP contribution < -0.4 is 11.1 Å². The van der Waals surface area contributed by atoms with Gasteiger partial charge in [0.1, 0.15) is 17.1 Å². The zero-order chi connectivity index (χ0) is 32.7. The molecule has 0 radical (unpaired) electrons. The molecule has 3 aliphatic rings. The van der Waals surface area contributed by atoms with Crippen molar-refractivity contribution in [2.45, 2.75) is 57.4 Å². The molecule has 0 fully saturated rings. The number of carbonyl (C=O) groups is 4. The normalized spacial score (nSPS) is 29.8. The molecule has 234 valence electrons. The number of benzene rings is 1. The van der Waals surface area contributed by atoms with Crippen molar-refractivity contribution in [3.63, 3.8) is 0 Å². The minimum absolute atomic E-state index is 0.0721. The number of likely N-dealkylation sites (N-methyl/N-ethyl adjacent to an activating group) is 2. The Morgan fingerprint density at radius 1 is 1.07 bits per heavy atom. The second kappa shape index (κ2) is 10.4. The summed E-state index contributed by atoms with van der Waals surface area (Å²) in [5.41, 5.74) is 0.318. The van der Waals surface area contributed by atoms with E-state index in [-0.39, 0.29) is 11.3 Å². The summed E-state index contributed by atoms with van der Waals surface area (Å²) in [4.78, 5) is 56.1. The monoisotopic (exact) mass is 600 g/mol. The molecule has 8 N–H and O–H groups in total. The first-order chi connectivity index (χ1) is 19.7.